The van der Waals surface area contributed by atoms with Gasteiger partial charge < -0.3 is 24.8 Å². The van der Waals surface area contributed by atoms with Crippen LogP contribution in [0.25, 0.3) is 0 Å². The van der Waals surface area contributed by atoms with Gasteiger partial charge in [-0.15, -0.1) is 0 Å². The molecule has 1 unspecified atom stereocenters. The molecule has 3 N–H and O–H groups in total. The summed E-state index contributed by atoms with van der Waals surface area (Å²) < 4.78 is 12.4. The molecule has 3 saturated carbocycles. The van der Waals surface area contributed by atoms with E-state index < -0.39 is 18.3 Å². The van der Waals surface area contributed by atoms with Crippen molar-refractivity contribution < 1.29 is 24.8 Å². The lowest BCUT2D eigenvalue weighted by atomic mass is 9.45. The van der Waals surface area contributed by atoms with Crippen LogP contribution < -0.4 is 0 Å². The molecule has 0 aromatic carbocycles. The summed E-state index contributed by atoms with van der Waals surface area (Å²) in [4.78, 5) is 0. The van der Waals surface area contributed by atoms with E-state index in [2.05, 4.69) is 34.6 Å². The Morgan fingerprint density at radius 2 is 1.66 bits per heavy atom. The first-order chi connectivity index (χ1) is 15.0. The Balaban J connectivity index is 1.40. The zero-order valence-electron chi connectivity index (χ0n) is 20.6. The number of aliphatic hydroxyl groups is 3. The lowest BCUT2D eigenvalue weighted by Crippen LogP contribution is -2.59. The van der Waals surface area contributed by atoms with E-state index in [1.54, 1.807) is 0 Å². The van der Waals surface area contributed by atoms with Crippen molar-refractivity contribution in [3.63, 3.8) is 0 Å². The maximum absolute atomic E-state index is 11.3. The summed E-state index contributed by atoms with van der Waals surface area (Å²) in [7, 11) is 0. The van der Waals surface area contributed by atoms with Crippen LogP contribution in [0.2, 0.25) is 0 Å². The zero-order chi connectivity index (χ0) is 23.1. The fourth-order valence-corrected chi connectivity index (χ4v) is 8.80. The lowest BCUT2D eigenvalue weighted by molar-refractivity contribution is -0.253. The highest BCUT2D eigenvalue weighted by Crippen LogP contribution is 2.67. The van der Waals surface area contributed by atoms with Gasteiger partial charge in [-0.25, -0.2) is 0 Å². The predicted octanol–water partition coefficient (Wildman–Crippen LogP) is 3.90. The summed E-state index contributed by atoms with van der Waals surface area (Å²) in [5, 5.41) is 32.7. The number of ether oxygens (including phenoxy) is 2. The van der Waals surface area contributed by atoms with Gasteiger partial charge in [0, 0.05) is 23.2 Å². The molecule has 0 aromatic rings. The minimum Gasteiger partial charge on any atom is -0.393 e. The van der Waals surface area contributed by atoms with Crippen molar-refractivity contribution in [1.82, 2.24) is 0 Å². The van der Waals surface area contributed by atoms with Crippen LogP contribution >= 0.6 is 0 Å². The summed E-state index contributed by atoms with van der Waals surface area (Å²) in [5.41, 5.74) is 0.990. The van der Waals surface area contributed by atoms with Crippen LogP contribution in [0.15, 0.2) is 11.6 Å². The molecule has 4 aliphatic carbocycles. The van der Waals surface area contributed by atoms with Gasteiger partial charge in [0.05, 0.1) is 31.5 Å². The summed E-state index contributed by atoms with van der Waals surface area (Å²) in [6, 6.07) is 0. The van der Waals surface area contributed by atoms with Crippen LogP contribution in [0, 0.1) is 45.8 Å². The maximum Gasteiger partial charge on any atom is 0.160 e. The van der Waals surface area contributed by atoms with Gasteiger partial charge in [0.25, 0.3) is 0 Å². The zero-order valence-corrected chi connectivity index (χ0v) is 20.6. The molecule has 0 amide bonds. The van der Waals surface area contributed by atoms with E-state index in [1.165, 1.54) is 0 Å². The average molecular weight is 449 g/mol. The van der Waals surface area contributed by atoms with Gasteiger partial charge in [-0.3, -0.25) is 0 Å². The van der Waals surface area contributed by atoms with Crippen LogP contribution in [-0.4, -0.2) is 53.1 Å². The van der Waals surface area contributed by atoms with Crippen molar-refractivity contribution in [3.05, 3.63) is 11.6 Å². The normalized spacial score (nSPS) is 51.9. The van der Waals surface area contributed by atoms with Crippen molar-refractivity contribution in [3.8, 4) is 0 Å². The highest BCUT2D eigenvalue weighted by atomic mass is 16.7. The number of hydrogen-bond donors (Lipinski definition) is 3. The molecule has 10 atom stereocenters. The first-order valence-corrected chi connectivity index (χ1v) is 13.0. The first kappa shape index (κ1) is 23.3. The van der Waals surface area contributed by atoms with Crippen molar-refractivity contribution in [2.45, 2.75) is 97.7 Å². The van der Waals surface area contributed by atoms with E-state index >= 15 is 0 Å². The number of rotatable bonds is 2. The lowest BCUT2D eigenvalue weighted by Gasteiger charge is -2.60. The Hall–Kier alpha value is -0.460. The molecule has 5 aliphatic rings. The Morgan fingerprint density at radius 3 is 2.34 bits per heavy atom. The summed E-state index contributed by atoms with van der Waals surface area (Å²) in [6.07, 6.45) is 5.80. The molecule has 5 rings (SSSR count). The maximum atomic E-state index is 11.3. The second-order valence-electron chi connectivity index (χ2n) is 13.1. The molecule has 0 bridgehead atoms. The fourth-order valence-electron chi connectivity index (χ4n) is 8.80. The van der Waals surface area contributed by atoms with Crippen LogP contribution in [-0.2, 0) is 9.47 Å². The molecule has 5 nitrogen and oxygen atoms in total. The van der Waals surface area contributed by atoms with Gasteiger partial charge >= 0.3 is 0 Å². The second kappa shape index (κ2) is 7.78. The van der Waals surface area contributed by atoms with Crippen molar-refractivity contribution in [1.29, 1.82) is 0 Å². The van der Waals surface area contributed by atoms with E-state index in [0.29, 0.717) is 30.6 Å². The molecule has 1 saturated heterocycles. The third kappa shape index (κ3) is 3.37. The summed E-state index contributed by atoms with van der Waals surface area (Å²) in [5.74, 6) is 1.74. The highest BCUT2D eigenvalue weighted by molar-refractivity contribution is 5.30. The van der Waals surface area contributed by atoms with E-state index in [9.17, 15) is 15.3 Å². The Bertz CT molecular complexity index is 753. The Morgan fingerprint density at radius 1 is 0.969 bits per heavy atom. The highest BCUT2D eigenvalue weighted by Gasteiger charge is 2.63. The first-order valence-electron chi connectivity index (χ1n) is 13.0. The molecule has 0 spiro atoms. The van der Waals surface area contributed by atoms with Gasteiger partial charge in [0.2, 0.25) is 0 Å². The molecule has 1 aliphatic heterocycles. The molecular weight excluding hydrogens is 404 g/mol. The van der Waals surface area contributed by atoms with Crippen LogP contribution in [0.4, 0.5) is 0 Å². The van der Waals surface area contributed by atoms with E-state index in [-0.39, 0.29) is 34.4 Å². The van der Waals surface area contributed by atoms with Gasteiger partial charge in [-0.2, -0.15) is 0 Å². The van der Waals surface area contributed by atoms with Crippen molar-refractivity contribution >= 4 is 0 Å². The number of aliphatic hydroxyl groups excluding tert-OH is 3. The topological polar surface area (TPSA) is 79.2 Å². The quantitative estimate of drug-likeness (QED) is 0.559. The Kier molecular flexibility index (Phi) is 5.66. The van der Waals surface area contributed by atoms with Crippen LogP contribution in [0.1, 0.15) is 73.1 Å². The largest absolute Gasteiger partial charge is 0.393 e. The van der Waals surface area contributed by atoms with Gasteiger partial charge in [0.1, 0.15) is 0 Å². The fraction of sp³-hybridized carbons (Fsp3) is 0.926. The van der Waals surface area contributed by atoms with Gasteiger partial charge in [0.15, 0.2) is 6.29 Å². The smallest absolute Gasteiger partial charge is 0.160 e. The minimum absolute atomic E-state index is 0.0799. The van der Waals surface area contributed by atoms with Crippen LogP contribution in [0.5, 0.6) is 0 Å². The minimum atomic E-state index is -0.537. The molecule has 0 radical (unpaired) electrons. The van der Waals surface area contributed by atoms with Gasteiger partial charge in [-0.1, -0.05) is 46.3 Å². The predicted molar refractivity (Wildman–Crippen MR) is 123 cm³/mol. The monoisotopic (exact) mass is 448 g/mol. The molecule has 32 heavy (non-hydrogen) atoms. The molecule has 1 heterocycles. The number of fused-ring (bicyclic) bond motifs is 5. The average Bonchev–Trinajstić information content (AvgIpc) is 3.06. The third-order valence-corrected chi connectivity index (χ3v) is 10.6. The van der Waals surface area contributed by atoms with Crippen molar-refractivity contribution in [2.75, 3.05) is 13.2 Å². The molecular formula is C27H44O5. The van der Waals surface area contributed by atoms with Crippen LogP contribution in [0.3, 0.4) is 0 Å². The third-order valence-electron chi connectivity index (χ3n) is 10.6. The second-order valence-corrected chi connectivity index (χ2v) is 13.1. The molecule has 4 fully saturated rings. The van der Waals surface area contributed by atoms with E-state index in [1.807, 2.05) is 6.08 Å². The van der Waals surface area contributed by atoms with E-state index in [0.717, 1.165) is 44.5 Å². The summed E-state index contributed by atoms with van der Waals surface area (Å²) >= 11 is 0. The SMILES string of the molecule is CC(C1OCC(C)(C)CO1)[C@H]1CC[C@H]2[C@@H]3[C@H](O)C=C4C[C@@H](O)C[C@H](O)[C@]4(C)[C@H]3CC[C@]12C. The van der Waals surface area contributed by atoms with Gasteiger partial charge in [-0.05, 0) is 61.2 Å². The van der Waals surface area contributed by atoms with E-state index in [4.69, 9.17) is 9.47 Å². The Labute approximate surface area is 193 Å². The molecule has 5 heteroatoms. The molecule has 182 valence electrons. The number of hydrogen-bond acceptors (Lipinski definition) is 5. The summed E-state index contributed by atoms with van der Waals surface area (Å²) in [6.45, 7) is 12.8. The standard InChI is InChI=1S/C27H44O5/c1-15(24-31-13-25(2,3)14-32-24)18-6-7-19-23-20(8-9-26(18,19)4)27(5)16(11-21(23)29)10-17(28)12-22(27)30/h11,15,17-24,28-30H,6-10,12-14H2,1-5H3/t15?,17-,18-,19+,20+,21-,22+,23+,26-,27+/m1/s1. The van der Waals surface area contributed by atoms with Crippen molar-refractivity contribution in [2.24, 2.45) is 45.8 Å². The molecule has 0 aromatic heterocycles.